The van der Waals surface area contributed by atoms with E-state index in [2.05, 4.69) is 71.7 Å². The Balaban J connectivity index is 1.36. The molecule has 1 saturated heterocycles. The van der Waals surface area contributed by atoms with Crippen molar-refractivity contribution < 1.29 is 4.74 Å². The number of ether oxygens (including phenoxy) is 1. The van der Waals surface area contributed by atoms with Crippen molar-refractivity contribution in [3.05, 3.63) is 76.2 Å². The Hall–Kier alpha value is -2.16. The number of allylic oxidation sites excluding steroid dienone is 2. The molecule has 0 N–H and O–H groups in total. The Labute approximate surface area is 167 Å². The zero-order valence-electron chi connectivity index (χ0n) is 16.5. The van der Waals surface area contributed by atoms with Gasteiger partial charge in [0.25, 0.3) is 0 Å². The maximum Gasteiger partial charge on any atom is 0.0594 e. The molecule has 2 aromatic rings. The number of fused-ring (bicyclic) bond motifs is 2. The van der Waals surface area contributed by atoms with E-state index in [4.69, 9.17) is 4.74 Å². The van der Waals surface area contributed by atoms with Crippen LogP contribution in [0.4, 0.5) is 0 Å². The highest BCUT2D eigenvalue weighted by molar-refractivity contribution is 5.75. The summed E-state index contributed by atoms with van der Waals surface area (Å²) in [5.41, 5.74) is 4.60. The maximum atomic E-state index is 5.50. The van der Waals surface area contributed by atoms with Crippen LogP contribution in [-0.4, -0.2) is 37.7 Å². The van der Waals surface area contributed by atoms with Gasteiger partial charge in [0, 0.05) is 13.1 Å². The summed E-state index contributed by atoms with van der Waals surface area (Å²) < 4.78 is 5.50. The molecule has 28 heavy (non-hydrogen) atoms. The Morgan fingerprint density at radius 2 is 1.75 bits per heavy atom. The second kappa shape index (κ2) is 8.06. The Kier molecular flexibility index (Phi) is 5.16. The highest BCUT2D eigenvalue weighted by Gasteiger charge is 2.27. The predicted octanol–water partition coefficient (Wildman–Crippen LogP) is 3.56. The molecule has 2 atom stereocenters. The molecule has 2 unspecified atom stereocenters. The van der Waals surface area contributed by atoms with Gasteiger partial charge in [-0.3, -0.25) is 4.90 Å². The van der Waals surface area contributed by atoms with Gasteiger partial charge < -0.3 is 4.74 Å². The first-order chi connectivity index (χ1) is 13.9. The van der Waals surface area contributed by atoms with Gasteiger partial charge in [0.1, 0.15) is 0 Å². The molecule has 3 aliphatic rings. The fourth-order valence-electron chi connectivity index (χ4n) is 4.99. The minimum Gasteiger partial charge on any atom is -0.379 e. The normalized spacial score (nSPS) is 25.6. The lowest BCUT2D eigenvalue weighted by molar-refractivity contribution is 0.0366. The fourth-order valence-corrected chi connectivity index (χ4v) is 4.99. The number of rotatable bonds is 4. The topological polar surface area (TPSA) is 12.5 Å². The van der Waals surface area contributed by atoms with Crippen LogP contribution < -0.4 is 10.4 Å². The second-order valence-corrected chi connectivity index (χ2v) is 8.32. The SMILES string of the molecule is C1=c2ccccc2=CC(/C=C2\CC(CCN3CCOCC3)c3ccccc32)C1. The molecular formula is C26H29NO. The molecule has 0 amide bonds. The molecule has 144 valence electrons. The highest BCUT2D eigenvalue weighted by atomic mass is 16.5. The van der Waals surface area contributed by atoms with Crippen LogP contribution in [0.1, 0.15) is 36.3 Å². The molecule has 1 heterocycles. The first kappa shape index (κ1) is 17.9. The third-order valence-electron chi connectivity index (χ3n) is 6.53. The fraction of sp³-hybridized carbons (Fsp3) is 0.385. The van der Waals surface area contributed by atoms with Crippen LogP contribution in [0.3, 0.4) is 0 Å². The van der Waals surface area contributed by atoms with Crippen LogP contribution in [0.2, 0.25) is 0 Å². The van der Waals surface area contributed by atoms with Crippen LogP contribution in [0.15, 0.2) is 54.6 Å². The van der Waals surface area contributed by atoms with E-state index in [9.17, 15) is 0 Å². The molecule has 2 heteroatoms. The van der Waals surface area contributed by atoms with Crippen LogP contribution >= 0.6 is 0 Å². The average molecular weight is 372 g/mol. The van der Waals surface area contributed by atoms with Gasteiger partial charge in [-0.05, 0) is 64.8 Å². The molecule has 2 aliphatic carbocycles. The summed E-state index contributed by atoms with van der Waals surface area (Å²) in [6, 6.07) is 17.8. The van der Waals surface area contributed by atoms with E-state index in [1.165, 1.54) is 35.4 Å². The third kappa shape index (κ3) is 3.72. The van der Waals surface area contributed by atoms with Crippen LogP contribution in [0.25, 0.3) is 17.7 Å². The van der Waals surface area contributed by atoms with E-state index < -0.39 is 0 Å². The van der Waals surface area contributed by atoms with Crippen molar-refractivity contribution >= 4 is 17.7 Å². The predicted molar refractivity (Wildman–Crippen MR) is 116 cm³/mol. The smallest absolute Gasteiger partial charge is 0.0594 e. The molecule has 0 aromatic heterocycles. The quantitative estimate of drug-likeness (QED) is 0.815. The Bertz CT molecular complexity index is 983. The average Bonchev–Trinajstić information content (AvgIpc) is 3.10. The molecule has 2 nitrogen and oxygen atoms in total. The molecule has 1 aliphatic heterocycles. The Morgan fingerprint density at radius 1 is 0.964 bits per heavy atom. The van der Waals surface area contributed by atoms with Gasteiger partial charge >= 0.3 is 0 Å². The summed E-state index contributed by atoms with van der Waals surface area (Å²) in [6.07, 6.45) is 10.9. The third-order valence-corrected chi connectivity index (χ3v) is 6.53. The van der Waals surface area contributed by atoms with Crippen LogP contribution in [-0.2, 0) is 4.74 Å². The minimum absolute atomic E-state index is 0.510. The van der Waals surface area contributed by atoms with Gasteiger partial charge in [-0.25, -0.2) is 0 Å². The molecule has 0 radical (unpaired) electrons. The van der Waals surface area contributed by atoms with Crippen molar-refractivity contribution in [2.75, 3.05) is 32.8 Å². The highest BCUT2D eigenvalue weighted by Crippen LogP contribution is 2.43. The lowest BCUT2D eigenvalue weighted by Gasteiger charge is -2.27. The summed E-state index contributed by atoms with van der Waals surface area (Å²) in [5.74, 6) is 1.17. The van der Waals surface area contributed by atoms with Crippen molar-refractivity contribution in [2.45, 2.75) is 25.2 Å². The Morgan fingerprint density at radius 3 is 2.64 bits per heavy atom. The first-order valence-electron chi connectivity index (χ1n) is 10.7. The molecule has 1 fully saturated rings. The number of nitrogens with zero attached hydrogens (tertiary/aromatic N) is 1. The van der Waals surface area contributed by atoms with E-state index in [0.29, 0.717) is 11.8 Å². The van der Waals surface area contributed by atoms with Gasteiger partial charge in [0.2, 0.25) is 0 Å². The number of benzene rings is 2. The summed E-state index contributed by atoms with van der Waals surface area (Å²) in [5, 5.41) is 2.76. The van der Waals surface area contributed by atoms with Gasteiger partial charge in [0.15, 0.2) is 0 Å². The summed E-state index contributed by atoms with van der Waals surface area (Å²) in [6.45, 7) is 5.14. The van der Waals surface area contributed by atoms with Crippen molar-refractivity contribution in [1.29, 1.82) is 0 Å². The lowest BCUT2D eigenvalue weighted by atomic mass is 9.93. The van der Waals surface area contributed by atoms with E-state index in [1.807, 2.05) is 0 Å². The number of hydrogen-bond acceptors (Lipinski definition) is 2. The zero-order valence-corrected chi connectivity index (χ0v) is 16.5. The molecule has 2 aromatic carbocycles. The maximum absolute atomic E-state index is 5.50. The van der Waals surface area contributed by atoms with Crippen molar-refractivity contribution in [3.8, 4) is 0 Å². The standard InChI is InChI=1S/C26H29NO/c1-2-6-22-17-20(9-10-21(22)5-1)18-24-19-23(25-7-3-4-8-26(24)25)11-12-27-13-15-28-16-14-27/h1-8,10,17-18,20,23H,9,11-16,19H2/b24-18+. The van der Waals surface area contributed by atoms with Crippen LogP contribution in [0, 0.1) is 5.92 Å². The zero-order chi connectivity index (χ0) is 18.8. The van der Waals surface area contributed by atoms with Crippen molar-refractivity contribution in [3.63, 3.8) is 0 Å². The number of hydrogen-bond donors (Lipinski definition) is 0. The van der Waals surface area contributed by atoms with Gasteiger partial charge in [-0.2, -0.15) is 0 Å². The minimum atomic E-state index is 0.510. The second-order valence-electron chi connectivity index (χ2n) is 8.32. The van der Waals surface area contributed by atoms with Crippen molar-refractivity contribution in [1.82, 2.24) is 4.90 Å². The van der Waals surface area contributed by atoms with E-state index in [0.717, 1.165) is 32.7 Å². The largest absolute Gasteiger partial charge is 0.379 e. The molecule has 0 bridgehead atoms. The van der Waals surface area contributed by atoms with E-state index >= 15 is 0 Å². The van der Waals surface area contributed by atoms with Crippen molar-refractivity contribution in [2.24, 2.45) is 5.92 Å². The lowest BCUT2D eigenvalue weighted by Crippen LogP contribution is -2.37. The summed E-state index contributed by atoms with van der Waals surface area (Å²) in [4.78, 5) is 2.56. The first-order valence-corrected chi connectivity index (χ1v) is 10.7. The monoisotopic (exact) mass is 371 g/mol. The summed E-state index contributed by atoms with van der Waals surface area (Å²) >= 11 is 0. The summed E-state index contributed by atoms with van der Waals surface area (Å²) in [7, 11) is 0. The van der Waals surface area contributed by atoms with Gasteiger partial charge in [-0.15, -0.1) is 0 Å². The molecule has 0 spiro atoms. The molecular weight excluding hydrogens is 342 g/mol. The molecule has 0 saturated carbocycles. The van der Waals surface area contributed by atoms with Gasteiger partial charge in [0.05, 0.1) is 13.2 Å². The van der Waals surface area contributed by atoms with Crippen LogP contribution in [0.5, 0.6) is 0 Å². The molecule has 5 rings (SSSR count). The van der Waals surface area contributed by atoms with Gasteiger partial charge in [-0.1, -0.05) is 66.8 Å². The van der Waals surface area contributed by atoms with E-state index in [1.54, 1.807) is 11.1 Å². The van der Waals surface area contributed by atoms with E-state index in [-0.39, 0.29) is 0 Å². The number of morpholine rings is 1.